The SMILES string of the molecule is c1ccc(-c2ccc(Nc3ccc4c5ccccc5c5ccccc5c4c3)cc2)cc1.c1ccc(Nc2ccc(-c3cccc4ccccc34)c3ccccc23)cc1.c1ccc(Nc2ccc3sc4ccccc4c3c2)cc1.c1ccc(Nc2cccc(-c3cccc4ccccc34)c2)cc1. The molecular formula is C96H70N4S. The zero-order valence-corrected chi connectivity index (χ0v) is 56.3. The molecule has 0 saturated carbocycles. The zero-order valence-electron chi connectivity index (χ0n) is 55.5. The Balaban J connectivity index is 0.000000106. The predicted molar refractivity (Wildman–Crippen MR) is 439 cm³/mol. The minimum absolute atomic E-state index is 1.09. The molecule has 0 aliphatic rings. The van der Waals surface area contributed by atoms with Crippen molar-refractivity contribution in [1.82, 2.24) is 0 Å². The van der Waals surface area contributed by atoms with E-state index in [2.05, 4.69) is 373 Å². The fraction of sp³-hybridized carbons (Fsp3) is 0. The normalized spacial score (nSPS) is 11.0. The Morgan fingerprint density at radius 1 is 0.158 bits per heavy atom. The molecule has 0 aliphatic heterocycles. The Morgan fingerprint density at radius 3 is 1.12 bits per heavy atom. The molecule has 0 spiro atoms. The molecule has 4 nitrogen and oxygen atoms in total. The van der Waals surface area contributed by atoms with Crippen molar-refractivity contribution in [1.29, 1.82) is 0 Å². The van der Waals surface area contributed by atoms with Gasteiger partial charge < -0.3 is 21.3 Å². The number of thiophene rings is 1. The van der Waals surface area contributed by atoms with Crippen LogP contribution in [0.15, 0.2) is 400 Å². The topological polar surface area (TPSA) is 48.1 Å². The average Bonchev–Trinajstić information content (AvgIpc) is 1.62. The molecule has 0 unspecified atom stereocenters. The molecule has 0 aliphatic carbocycles. The van der Waals surface area contributed by atoms with Gasteiger partial charge in [0.15, 0.2) is 0 Å². The Hall–Kier alpha value is -13.1. The van der Waals surface area contributed by atoms with Crippen LogP contribution < -0.4 is 21.3 Å². The van der Waals surface area contributed by atoms with E-state index in [-0.39, 0.29) is 0 Å². The number of nitrogens with one attached hydrogen (secondary N) is 4. The van der Waals surface area contributed by atoms with E-state index in [0.29, 0.717) is 0 Å². The molecule has 0 amide bonds. The number of hydrogen-bond acceptors (Lipinski definition) is 5. The predicted octanol–water partition coefficient (Wildman–Crippen LogP) is 28.0. The molecule has 0 radical (unpaired) electrons. The van der Waals surface area contributed by atoms with Gasteiger partial charge in [0.25, 0.3) is 0 Å². The molecule has 0 atom stereocenters. The van der Waals surface area contributed by atoms with Crippen molar-refractivity contribution < 1.29 is 0 Å². The monoisotopic (exact) mass is 1310 g/mol. The first-order valence-corrected chi connectivity index (χ1v) is 35.1. The Kier molecular flexibility index (Phi) is 18.2. The maximum absolute atomic E-state index is 3.59. The van der Waals surface area contributed by atoms with Gasteiger partial charge in [0.05, 0.1) is 0 Å². The second-order valence-electron chi connectivity index (χ2n) is 25.0. The first kappa shape index (κ1) is 62.7. The van der Waals surface area contributed by atoms with Crippen molar-refractivity contribution in [2.75, 3.05) is 21.3 Å². The highest BCUT2D eigenvalue weighted by atomic mass is 32.1. The highest BCUT2D eigenvalue weighted by molar-refractivity contribution is 7.25. The molecule has 0 bridgehead atoms. The second-order valence-corrected chi connectivity index (χ2v) is 26.1. The fourth-order valence-corrected chi connectivity index (χ4v) is 14.8. The molecule has 0 fully saturated rings. The van der Waals surface area contributed by atoms with Crippen LogP contribution in [-0.4, -0.2) is 0 Å². The molecule has 1 aromatic heterocycles. The Morgan fingerprint density at radius 2 is 0.515 bits per heavy atom. The number of hydrogen-bond donors (Lipinski definition) is 4. The van der Waals surface area contributed by atoms with Crippen LogP contribution in [0, 0.1) is 0 Å². The number of fused-ring (bicyclic) bond motifs is 12. The smallest absolute Gasteiger partial charge is 0.0464 e. The zero-order chi connectivity index (χ0) is 67.5. The third-order valence-electron chi connectivity index (χ3n) is 18.5. The standard InChI is InChI=1S/C30H21N.C26H19N.C22H17N.C18H13NS/c1-2-8-21(9-3-1)22-14-16-23(17-15-22)31-24-18-19-29-27-12-5-4-10-25(27)26-11-6-7-13-28(26)30(29)20-24;1-2-11-20(12-3-1)27-26-18-17-24(23-14-6-7-15-25(23)26)22-16-8-10-19-9-4-5-13-21(19)22;1-2-11-19(12-3-1)23-20-13-6-10-18(16-20)22-15-7-9-17-8-4-5-14-21(17)22;1-2-6-13(7-3-1)19-14-10-11-18-16(12-14)15-8-4-5-9-17(15)20-18/h1-20,31H;1-18,27H;1-16,23H;1-12,19H. The highest BCUT2D eigenvalue weighted by Gasteiger charge is 2.13. The van der Waals surface area contributed by atoms with Crippen molar-refractivity contribution >= 4 is 142 Å². The first-order chi connectivity index (χ1) is 50.1. The van der Waals surface area contributed by atoms with Gasteiger partial charge in [-0.25, -0.2) is 0 Å². The van der Waals surface area contributed by atoms with E-state index in [9.17, 15) is 0 Å². The van der Waals surface area contributed by atoms with Crippen LogP contribution in [-0.2, 0) is 0 Å². The van der Waals surface area contributed by atoms with E-state index in [1.165, 1.54) is 118 Å². The average molecular weight is 1310 g/mol. The van der Waals surface area contributed by atoms with Gasteiger partial charge in [-0.1, -0.05) is 297 Å². The fourth-order valence-electron chi connectivity index (χ4n) is 13.7. The van der Waals surface area contributed by atoms with Crippen molar-refractivity contribution in [2.45, 2.75) is 0 Å². The maximum atomic E-state index is 3.59. The third-order valence-corrected chi connectivity index (χ3v) is 19.7. The van der Waals surface area contributed by atoms with Gasteiger partial charge in [-0.3, -0.25) is 0 Å². The summed E-state index contributed by atoms with van der Waals surface area (Å²) in [6.07, 6.45) is 0. The summed E-state index contributed by atoms with van der Waals surface area (Å²) in [6.45, 7) is 0. The van der Waals surface area contributed by atoms with E-state index in [1.54, 1.807) is 0 Å². The number of benzene rings is 18. The summed E-state index contributed by atoms with van der Waals surface area (Å²) in [4.78, 5) is 0. The summed E-state index contributed by atoms with van der Waals surface area (Å²) >= 11 is 1.85. The van der Waals surface area contributed by atoms with Crippen LogP contribution in [0.5, 0.6) is 0 Å². The Labute approximate surface area is 592 Å². The van der Waals surface area contributed by atoms with E-state index in [0.717, 1.165) is 45.5 Å². The van der Waals surface area contributed by atoms with Crippen LogP contribution in [0.25, 0.3) is 118 Å². The van der Waals surface area contributed by atoms with Gasteiger partial charge >= 0.3 is 0 Å². The molecule has 480 valence electrons. The molecule has 1 heterocycles. The molecule has 0 saturated heterocycles. The second kappa shape index (κ2) is 29.3. The number of anilines is 8. The third kappa shape index (κ3) is 14.0. The lowest BCUT2D eigenvalue weighted by Crippen LogP contribution is -1.92. The minimum Gasteiger partial charge on any atom is -0.356 e. The van der Waals surface area contributed by atoms with E-state index in [1.807, 2.05) is 59.9 Å². The summed E-state index contributed by atoms with van der Waals surface area (Å²) in [7, 11) is 0. The molecule has 5 heteroatoms. The number of rotatable bonds is 11. The van der Waals surface area contributed by atoms with Crippen LogP contribution in [0.1, 0.15) is 0 Å². The molecule has 101 heavy (non-hydrogen) atoms. The van der Waals surface area contributed by atoms with Crippen molar-refractivity contribution in [3.8, 4) is 33.4 Å². The van der Waals surface area contributed by atoms with E-state index >= 15 is 0 Å². The van der Waals surface area contributed by atoms with Crippen molar-refractivity contribution in [3.05, 3.63) is 400 Å². The van der Waals surface area contributed by atoms with Gasteiger partial charge in [-0.2, -0.15) is 0 Å². The Bertz CT molecular complexity index is 6030. The van der Waals surface area contributed by atoms with Crippen LogP contribution in [0.2, 0.25) is 0 Å². The molecule has 19 aromatic rings. The first-order valence-electron chi connectivity index (χ1n) is 34.3. The largest absolute Gasteiger partial charge is 0.356 e. The highest BCUT2D eigenvalue weighted by Crippen LogP contribution is 2.41. The molecule has 19 rings (SSSR count). The van der Waals surface area contributed by atoms with Crippen molar-refractivity contribution in [3.63, 3.8) is 0 Å². The summed E-state index contributed by atoms with van der Waals surface area (Å²) in [5.74, 6) is 0. The van der Waals surface area contributed by atoms with E-state index in [4.69, 9.17) is 0 Å². The maximum Gasteiger partial charge on any atom is 0.0464 e. The number of para-hydroxylation sites is 3. The van der Waals surface area contributed by atoms with Crippen LogP contribution in [0.3, 0.4) is 0 Å². The van der Waals surface area contributed by atoms with Crippen molar-refractivity contribution in [2.24, 2.45) is 0 Å². The van der Waals surface area contributed by atoms with E-state index < -0.39 is 0 Å². The molecule has 4 N–H and O–H groups in total. The lowest BCUT2D eigenvalue weighted by Gasteiger charge is -2.15. The van der Waals surface area contributed by atoms with Gasteiger partial charge in [0.2, 0.25) is 0 Å². The molecule has 18 aromatic carbocycles. The van der Waals surface area contributed by atoms with Crippen LogP contribution in [0.4, 0.5) is 45.5 Å². The summed E-state index contributed by atoms with van der Waals surface area (Å²) in [5, 5.41) is 32.1. The van der Waals surface area contributed by atoms with Crippen LogP contribution >= 0.6 is 11.3 Å². The van der Waals surface area contributed by atoms with Gasteiger partial charge in [-0.15, -0.1) is 11.3 Å². The lowest BCUT2D eigenvalue weighted by atomic mass is 9.93. The van der Waals surface area contributed by atoms with Gasteiger partial charge in [0.1, 0.15) is 0 Å². The summed E-state index contributed by atoms with van der Waals surface area (Å²) in [5.41, 5.74) is 16.3. The summed E-state index contributed by atoms with van der Waals surface area (Å²) < 4.78 is 2.68. The quantitative estimate of drug-likeness (QED) is 0.0975. The molecular weight excluding hydrogens is 1240 g/mol. The summed E-state index contributed by atoms with van der Waals surface area (Å²) in [6, 6.07) is 141. The lowest BCUT2D eigenvalue weighted by molar-refractivity contribution is 1.54. The van der Waals surface area contributed by atoms with Gasteiger partial charge in [0, 0.05) is 71.1 Å². The van der Waals surface area contributed by atoms with Gasteiger partial charge in [-0.05, 0) is 196 Å². The minimum atomic E-state index is 1.09.